The normalized spacial score (nSPS) is 18.8. The number of carboxylic acids is 1. The molecule has 20 heavy (non-hydrogen) atoms. The Kier molecular flexibility index (Phi) is 4.14. The van der Waals surface area contributed by atoms with Crippen molar-refractivity contribution >= 4 is 52.1 Å². The van der Waals surface area contributed by atoms with E-state index in [1.54, 1.807) is 0 Å². The Hall–Kier alpha value is -0.850. The Morgan fingerprint density at radius 1 is 1.60 bits per heavy atom. The van der Waals surface area contributed by atoms with Crippen LogP contribution in [0.25, 0.3) is 11.0 Å². The number of halogens is 1. The van der Waals surface area contributed by atoms with Crippen molar-refractivity contribution in [2.75, 3.05) is 17.3 Å². The van der Waals surface area contributed by atoms with Gasteiger partial charge in [0.15, 0.2) is 5.16 Å². The minimum Gasteiger partial charge on any atom is -0.481 e. The molecule has 1 atom stereocenters. The largest absolute Gasteiger partial charge is 0.481 e. The lowest BCUT2D eigenvalue weighted by Gasteiger charge is -2.14. The van der Waals surface area contributed by atoms with E-state index < -0.39 is 5.97 Å². The SMILES string of the molecule is O=C(O)CSc1nc2cc(Cl)ccc2n1C1CCSC1. The highest BCUT2D eigenvalue weighted by Crippen LogP contribution is 2.35. The molecular weight excluding hydrogens is 316 g/mol. The molecule has 2 aromatic rings. The summed E-state index contributed by atoms with van der Waals surface area (Å²) in [6.45, 7) is 0. The van der Waals surface area contributed by atoms with Gasteiger partial charge in [-0.1, -0.05) is 23.4 Å². The monoisotopic (exact) mass is 328 g/mol. The maximum absolute atomic E-state index is 10.8. The van der Waals surface area contributed by atoms with Gasteiger partial charge in [0.1, 0.15) is 0 Å². The molecule has 0 bridgehead atoms. The van der Waals surface area contributed by atoms with E-state index >= 15 is 0 Å². The first-order valence-electron chi connectivity index (χ1n) is 6.25. The van der Waals surface area contributed by atoms with E-state index in [0.29, 0.717) is 11.1 Å². The van der Waals surface area contributed by atoms with Gasteiger partial charge in [-0.2, -0.15) is 11.8 Å². The summed E-state index contributed by atoms with van der Waals surface area (Å²) in [4.78, 5) is 15.4. The molecule has 3 rings (SSSR count). The lowest BCUT2D eigenvalue weighted by atomic mass is 10.2. The summed E-state index contributed by atoms with van der Waals surface area (Å²) in [5.74, 6) is 1.39. The van der Waals surface area contributed by atoms with E-state index in [0.717, 1.165) is 34.1 Å². The molecule has 1 N–H and O–H groups in total. The number of rotatable bonds is 4. The number of aliphatic carboxylic acids is 1. The van der Waals surface area contributed by atoms with E-state index in [1.165, 1.54) is 11.8 Å². The van der Waals surface area contributed by atoms with Gasteiger partial charge in [0, 0.05) is 16.8 Å². The molecular formula is C13H13ClN2O2S2. The molecule has 2 heterocycles. The van der Waals surface area contributed by atoms with Crippen LogP contribution in [0.2, 0.25) is 5.02 Å². The van der Waals surface area contributed by atoms with Crippen LogP contribution in [0.5, 0.6) is 0 Å². The van der Waals surface area contributed by atoms with Crippen molar-refractivity contribution in [1.82, 2.24) is 9.55 Å². The van der Waals surface area contributed by atoms with Crippen LogP contribution >= 0.6 is 35.1 Å². The van der Waals surface area contributed by atoms with Gasteiger partial charge in [-0.05, 0) is 30.4 Å². The molecule has 0 radical (unpaired) electrons. The lowest BCUT2D eigenvalue weighted by Crippen LogP contribution is -2.10. The fourth-order valence-corrected chi connectivity index (χ4v) is 4.52. The van der Waals surface area contributed by atoms with Gasteiger partial charge >= 0.3 is 5.97 Å². The number of hydrogen-bond acceptors (Lipinski definition) is 4. The first kappa shape index (κ1) is 14.1. The van der Waals surface area contributed by atoms with Crippen LogP contribution in [0.3, 0.4) is 0 Å². The smallest absolute Gasteiger partial charge is 0.313 e. The summed E-state index contributed by atoms with van der Waals surface area (Å²) in [5, 5.41) is 10.3. The zero-order chi connectivity index (χ0) is 14.1. The van der Waals surface area contributed by atoms with Gasteiger partial charge in [-0.15, -0.1) is 0 Å². The van der Waals surface area contributed by atoms with Crippen molar-refractivity contribution in [1.29, 1.82) is 0 Å². The second-order valence-electron chi connectivity index (χ2n) is 4.60. The topological polar surface area (TPSA) is 55.1 Å². The number of benzene rings is 1. The molecule has 0 spiro atoms. The number of carbonyl (C=O) groups is 1. The van der Waals surface area contributed by atoms with E-state index in [2.05, 4.69) is 9.55 Å². The number of hydrogen-bond donors (Lipinski definition) is 1. The number of imidazole rings is 1. The molecule has 1 saturated heterocycles. The summed E-state index contributed by atoms with van der Waals surface area (Å²) in [6.07, 6.45) is 1.10. The van der Waals surface area contributed by atoms with Crippen molar-refractivity contribution in [3.05, 3.63) is 23.2 Å². The zero-order valence-corrected chi connectivity index (χ0v) is 13.0. The zero-order valence-electron chi connectivity index (χ0n) is 10.6. The second kappa shape index (κ2) is 5.87. The summed E-state index contributed by atoms with van der Waals surface area (Å²) >= 11 is 9.21. The van der Waals surface area contributed by atoms with Crippen LogP contribution < -0.4 is 0 Å². The predicted molar refractivity (Wildman–Crippen MR) is 84.1 cm³/mol. The highest BCUT2D eigenvalue weighted by Gasteiger charge is 2.23. The molecule has 1 fully saturated rings. The van der Waals surface area contributed by atoms with Crippen molar-refractivity contribution in [2.24, 2.45) is 0 Å². The summed E-state index contributed by atoms with van der Waals surface area (Å²) in [7, 11) is 0. The fraction of sp³-hybridized carbons (Fsp3) is 0.385. The van der Waals surface area contributed by atoms with Crippen LogP contribution in [-0.2, 0) is 4.79 Å². The average Bonchev–Trinajstić information content (AvgIpc) is 3.01. The molecule has 1 aromatic heterocycles. The van der Waals surface area contributed by atoms with Crippen molar-refractivity contribution in [3.8, 4) is 0 Å². The third kappa shape index (κ3) is 2.77. The highest BCUT2D eigenvalue weighted by atomic mass is 35.5. The third-order valence-corrected chi connectivity index (χ3v) is 5.53. The Morgan fingerprint density at radius 2 is 2.45 bits per heavy atom. The van der Waals surface area contributed by atoms with Crippen LogP contribution in [0.15, 0.2) is 23.4 Å². The van der Waals surface area contributed by atoms with Gasteiger partial charge < -0.3 is 9.67 Å². The third-order valence-electron chi connectivity index (χ3n) is 3.21. The predicted octanol–water partition coefficient (Wildman–Crippen LogP) is 3.54. The molecule has 106 valence electrons. The first-order valence-corrected chi connectivity index (χ1v) is 8.77. The van der Waals surface area contributed by atoms with Crippen molar-refractivity contribution in [3.63, 3.8) is 0 Å². The first-order chi connectivity index (χ1) is 9.65. The second-order valence-corrected chi connectivity index (χ2v) is 7.13. The molecule has 1 aliphatic rings. The fourth-order valence-electron chi connectivity index (χ4n) is 2.36. The van der Waals surface area contributed by atoms with Crippen LogP contribution in [0.4, 0.5) is 0 Å². The maximum atomic E-state index is 10.8. The minimum absolute atomic E-state index is 0.0247. The average molecular weight is 329 g/mol. The maximum Gasteiger partial charge on any atom is 0.313 e. The van der Waals surface area contributed by atoms with Crippen LogP contribution in [-0.4, -0.2) is 37.9 Å². The molecule has 4 nitrogen and oxygen atoms in total. The number of nitrogens with zero attached hydrogens (tertiary/aromatic N) is 2. The van der Waals surface area contributed by atoms with Gasteiger partial charge in [0.25, 0.3) is 0 Å². The van der Waals surface area contributed by atoms with E-state index in [9.17, 15) is 4.79 Å². The van der Waals surface area contributed by atoms with Gasteiger partial charge in [-0.3, -0.25) is 4.79 Å². The molecule has 1 unspecified atom stereocenters. The number of thioether (sulfide) groups is 2. The van der Waals surface area contributed by atoms with Gasteiger partial charge in [0.05, 0.1) is 16.8 Å². The highest BCUT2D eigenvalue weighted by molar-refractivity contribution is 8.00. The molecule has 1 aromatic carbocycles. The van der Waals surface area contributed by atoms with E-state index in [4.69, 9.17) is 16.7 Å². The van der Waals surface area contributed by atoms with Crippen molar-refractivity contribution in [2.45, 2.75) is 17.6 Å². The van der Waals surface area contributed by atoms with Gasteiger partial charge in [-0.25, -0.2) is 4.98 Å². The molecule has 0 aliphatic carbocycles. The molecule has 0 amide bonds. The summed E-state index contributed by atoms with van der Waals surface area (Å²) in [5.41, 5.74) is 1.87. The number of fused-ring (bicyclic) bond motifs is 1. The number of aromatic nitrogens is 2. The van der Waals surface area contributed by atoms with E-state index in [-0.39, 0.29) is 5.75 Å². The lowest BCUT2D eigenvalue weighted by molar-refractivity contribution is -0.133. The Labute approximate surface area is 129 Å². The van der Waals surface area contributed by atoms with Gasteiger partial charge in [0.2, 0.25) is 0 Å². The van der Waals surface area contributed by atoms with Crippen molar-refractivity contribution < 1.29 is 9.90 Å². The Bertz CT molecular complexity index is 653. The Morgan fingerprint density at radius 3 is 3.15 bits per heavy atom. The molecule has 1 aliphatic heterocycles. The van der Waals surface area contributed by atoms with Crippen LogP contribution in [0, 0.1) is 0 Å². The van der Waals surface area contributed by atoms with E-state index in [1.807, 2.05) is 30.0 Å². The molecule has 0 saturated carbocycles. The number of carboxylic acid groups (broad SMARTS) is 1. The minimum atomic E-state index is -0.826. The standard InChI is InChI=1S/C13H13ClN2O2S2/c14-8-1-2-11-10(5-8)15-13(20-7-12(17)18)16(11)9-3-4-19-6-9/h1-2,5,9H,3-4,6-7H2,(H,17,18). The quantitative estimate of drug-likeness (QED) is 0.870. The van der Waals surface area contributed by atoms with Crippen LogP contribution in [0.1, 0.15) is 12.5 Å². The summed E-state index contributed by atoms with van der Waals surface area (Å²) in [6, 6.07) is 6.05. The Balaban J connectivity index is 2.05. The molecule has 7 heteroatoms. The summed E-state index contributed by atoms with van der Waals surface area (Å²) < 4.78 is 2.18.